The van der Waals surface area contributed by atoms with Gasteiger partial charge in [-0.3, -0.25) is 4.90 Å². The van der Waals surface area contributed by atoms with Gasteiger partial charge in [0, 0.05) is 48.9 Å². The molecule has 0 aliphatic carbocycles. The second-order valence-corrected chi connectivity index (χ2v) is 11.9. The first kappa shape index (κ1) is 32.7. The minimum Gasteiger partial charge on any atom is -0.494 e. The van der Waals surface area contributed by atoms with Gasteiger partial charge in [-0.25, -0.2) is 9.78 Å². The molecule has 1 N–H and O–H groups in total. The van der Waals surface area contributed by atoms with Crippen LogP contribution in [0.2, 0.25) is 5.02 Å². The van der Waals surface area contributed by atoms with Crippen molar-refractivity contribution in [3.05, 3.63) is 70.5 Å². The highest BCUT2D eigenvalue weighted by Crippen LogP contribution is 2.32. The average Bonchev–Trinajstić information content (AvgIpc) is 3.35. The molecule has 2 aliphatic rings. The van der Waals surface area contributed by atoms with Crippen LogP contribution >= 0.6 is 11.6 Å². The Balaban J connectivity index is 1.15. The number of carboxylic acid groups (broad SMARTS) is 1. The number of rotatable bonds is 11. The van der Waals surface area contributed by atoms with Gasteiger partial charge < -0.3 is 33.5 Å². The van der Waals surface area contributed by atoms with E-state index in [1.807, 2.05) is 10.6 Å². The van der Waals surface area contributed by atoms with Gasteiger partial charge in [0.1, 0.15) is 35.3 Å². The third-order valence-corrected chi connectivity index (χ3v) is 8.55. The predicted molar refractivity (Wildman–Crippen MR) is 166 cm³/mol. The number of pyridine rings is 1. The first-order valence-corrected chi connectivity index (χ1v) is 15.4. The number of aromatic carboxylic acids is 1. The van der Waals surface area contributed by atoms with Gasteiger partial charge in [0.25, 0.3) is 0 Å². The molecule has 47 heavy (non-hydrogen) atoms. The zero-order chi connectivity index (χ0) is 33.3. The molecule has 6 rings (SSSR count). The third kappa shape index (κ3) is 7.50. The maximum absolute atomic E-state index is 12.9. The van der Waals surface area contributed by atoms with Crippen LogP contribution in [0.25, 0.3) is 11.0 Å². The molecule has 0 bridgehead atoms. The van der Waals surface area contributed by atoms with Crippen molar-refractivity contribution in [2.45, 2.75) is 51.5 Å². The normalized spacial score (nSPS) is 18.6. The van der Waals surface area contributed by atoms with Crippen molar-refractivity contribution in [2.24, 2.45) is 0 Å². The number of methoxy groups -OCH3 is 1. The van der Waals surface area contributed by atoms with E-state index in [-0.39, 0.29) is 40.8 Å². The SMILES string of the molecule is COc1cc(C(=O)O)cc2c1nc(CN1CCN(c3cccc(OCc4ccc(Cl)cc4OC(F)(F)F)n3)C[C@@H]1C)n2C[C@@H]1CCO1. The van der Waals surface area contributed by atoms with E-state index < -0.39 is 18.1 Å². The summed E-state index contributed by atoms with van der Waals surface area (Å²) in [6.07, 6.45) is -3.92. The number of carbonyl (C=O) groups is 1. The number of halogens is 4. The minimum atomic E-state index is -4.87. The van der Waals surface area contributed by atoms with E-state index in [4.69, 9.17) is 30.8 Å². The number of ether oxygens (including phenoxy) is 4. The summed E-state index contributed by atoms with van der Waals surface area (Å²) in [5.74, 6) is 0.657. The summed E-state index contributed by atoms with van der Waals surface area (Å²) in [6.45, 7) is 5.69. The highest BCUT2D eigenvalue weighted by molar-refractivity contribution is 6.30. The molecule has 2 aromatic carbocycles. The van der Waals surface area contributed by atoms with Crippen molar-refractivity contribution in [3.63, 3.8) is 0 Å². The van der Waals surface area contributed by atoms with Crippen LogP contribution in [0.3, 0.4) is 0 Å². The molecule has 11 nitrogen and oxygen atoms in total. The smallest absolute Gasteiger partial charge is 0.494 e. The fourth-order valence-corrected chi connectivity index (χ4v) is 5.94. The van der Waals surface area contributed by atoms with Crippen molar-refractivity contribution in [2.75, 3.05) is 38.3 Å². The van der Waals surface area contributed by atoms with Crippen LogP contribution in [0.4, 0.5) is 19.0 Å². The number of aromatic nitrogens is 3. The van der Waals surface area contributed by atoms with Crippen molar-refractivity contribution in [3.8, 4) is 17.4 Å². The molecule has 0 unspecified atom stereocenters. The average molecular weight is 676 g/mol. The monoisotopic (exact) mass is 675 g/mol. The van der Waals surface area contributed by atoms with Crippen LogP contribution in [0.15, 0.2) is 48.5 Å². The Morgan fingerprint density at radius 3 is 2.62 bits per heavy atom. The number of imidazole rings is 1. The van der Waals surface area contributed by atoms with Crippen LogP contribution in [0.5, 0.6) is 17.4 Å². The van der Waals surface area contributed by atoms with Gasteiger partial charge >= 0.3 is 12.3 Å². The number of carboxylic acids is 1. The Bertz CT molecular complexity index is 1770. The van der Waals surface area contributed by atoms with Gasteiger partial charge in [0.15, 0.2) is 0 Å². The first-order valence-electron chi connectivity index (χ1n) is 15.0. The molecule has 2 fully saturated rings. The molecule has 2 saturated heterocycles. The molecule has 0 amide bonds. The fraction of sp³-hybridized carbons (Fsp3) is 0.406. The second-order valence-electron chi connectivity index (χ2n) is 11.5. The Morgan fingerprint density at radius 2 is 1.94 bits per heavy atom. The Hall–Kier alpha value is -4.27. The molecule has 0 radical (unpaired) electrons. The molecule has 0 spiro atoms. The van der Waals surface area contributed by atoms with Gasteiger partial charge in [0.2, 0.25) is 5.88 Å². The number of anilines is 1. The van der Waals surface area contributed by atoms with Crippen LogP contribution in [-0.4, -0.2) is 82.4 Å². The number of fused-ring (bicyclic) bond motifs is 1. The van der Waals surface area contributed by atoms with E-state index in [0.29, 0.717) is 61.9 Å². The van der Waals surface area contributed by atoms with Gasteiger partial charge in [-0.15, -0.1) is 13.2 Å². The maximum atomic E-state index is 12.9. The van der Waals surface area contributed by atoms with Crippen molar-refractivity contribution < 1.29 is 42.0 Å². The number of benzene rings is 2. The van der Waals surface area contributed by atoms with Crippen LogP contribution in [-0.2, 0) is 24.4 Å². The number of hydrogen-bond acceptors (Lipinski definition) is 9. The summed E-state index contributed by atoms with van der Waals surface area (Å²) in [6, 6.07) is 12.5. The topological polar surface area (TPSA) is 111 Å². The molecule has 0 saturated carbocycles. The quantitative estimate of drug-likeness (QED) is 0.210. The first-order chi connectivity index (χ1) is 22.5. The molecule has 4 aromatic rings. The summed E-state index contributed by atoms with van der Waals surface area (Å²) in [7, 11) is 1.50. The molecule has 15 heteroatoms. The largest absolute Gasteiger partial charge is 0.573 e. The van der Waals surface area contributed by atoms with Crippen molar-refractivity contribution in [1.82, 2.24) is 19.4 Å². The standard InChI is InChI=1S/C32H33ClF3N5O6/c1-19-15-40(27-4-3-5-29(37-27)46-18-20-6-7-22(33)14-25(20)47-32(34,35)36)10-9-39(19)17-28-38-30-24(41(28)16-23-8-11-45-23)12-21(31(42)43)13-26(30)44-2/h3-7,12-14,19,23H,8-11,15-18H2,1-2H3,(H,42,43)/t19-,23-/m0/s1. The summed E-state index contributed by atoms with van der Waals surface area (Å²) in [4.78, 5) is 25.8. The van der Waals surface area contributed by atoms with Crippen LogP contribution in [0.1, 0.15) is 35.1 Å². The van der Waals surface area contributed by atoms with E-state index in [2.05, 4.69) is 26.4 Å². The summed E-state index contributed by atoms with van der Waals surface area (Å²) >= 11 is 5.88. The van der Waals surface area contributed by atoms with Gasteiger partial charge in [0.05, 0.1) is 37.4 Å². The summed E-state index contributed by atoms with van der Waals surface area (Å²) in [5, 5.41) is 9.80. The molecule has 2 atom stereocenters. The van der Waals surface area contributed by atoms with Gasteiger partial charge in [-0.2, -0.15) is 4.98 Å². The molecular formula is C32H33ClF3N5O6. The Morgan fingerprint density at radius 1 is 1.13 bits per heavy atom. The lowest BCUT2D eigenvalue weighted by atomic mass is 10.1. The Labute approximate surface area is 273 Å². The van der Waals surface area contributed by atoms with Crippen LogP contribution in [0, 0.1) is 0 Å². The van der Waals surface area contributed by atoms with Gasteiger partial charge in [-0.1, -0.05) is 23.7 Å². The number of hydrogen-bond donors (Lipinski definition) is 1. The zero-order valence-corrected chi connectivity index (χ0v) is 26.4. The van der Waals surface area contributed by atoms with E-state index >= 15 is 0 Å². The number of piperazine rings is 1. The predicted octanol–water partition coefficient (Wildman–Crippen LogP) is 5.77. The third-order valence-electron chi connectivity index (χ3n) is 8.32. The number of nitrogens with zero attached hydrogens (tertiary/aromatic N) is 5. The summed E-state index contributed by atoms with van der Waals surface area (Å²) in [5.41, 5.74) is 1.60. The van der Waals surface area contributed by atoms with E-state index in [1.165, 1.54) is 25.3 Å². The van der Waals surface area contributed by atoms with Crippen molar-refractivity contribution in [1.29, 1.82) is 0 Å². The second kappa shape index (κ2) is 13.5. The lowest BCUT2D eigenvalue weighted by Crippen LogP contribution is -2.52. The molecule has 4 heterocycles. The minimum absolute atomic E-state index is 0.0314. The molecule has 250 valence electrons. The van der Waals surface area contributed by atoms with Crippen molar-refractivity contribution >= 4 is 34.4 Å². The fourth-order valence-electron chi connectivity index (χ4n) is 5.77. The highest BCUT2D eigenvalue weighted by Gasteiger charge is 2.33. The number of alkyl halides is 3. The molecule has 2 aliphatic heterocycles. The summed E-state index contributed by atoms with van der Waals surface area (Å²) < 4.78 is 61.9. The lowest BCUT2D eigenvalue weighted by molar-refractivity contribution is -0.275. The molecule has 2 aromatic heterocycles. The van der Waals surface area contributed by atoms with Crippen LogP contribution < -0.4 is 19.1 Å². The highest BCUT2D eigenvalue weighted by atomic mass is 35.5. The lowest BCUT2D eigenvalue weighted by Gasteiger charge is -2.40. The molecular weight excluding hydrogens is 643 g/mol. The zero-order valence-electron chi connectivity index (χ0n) is 25.7. The van der Waals surface area contributed by atoms with E-state index in [1.54, 1.807) is 18.2 Å². The van der Waals surface area contributed by atoms with Gasteiger partial charge in [-0.05, 0) is 43.7 Å². The van der Waals surface area contributed by atoms with E-state index in [9.17, 15) is 23.1 Å². The maximum Gasteiger partial charge on any atom is 0.573 e. The Kier molecular flexibility index (Phi) is 9.35. The van der Waals surface area contributed by atoms with E-state index in [0.717, 1.165) is 18.3 Å².